The van der Waals surface area contributed by atoms with E-state index in [1.165, 1.54) is 28.0 Å². The number of carbonyl (C=O) groups excluding carboxylic acids is 2. The molecule has 4 rings (SSSR count). The van der Waals surface area contributed by atoms with E-state index >= 15 is 0 Å². The number of carbonyl (C=O) groups is 2. The van der Waals surface area contributed by atoms with Crippen molar-refractivity contribution < 1.29 is 14.3 Å². The van der Waals surface area contributed by atoms with Gasteiger partial charge in [-0.15, -0.1) is 32.9 Å². The number of aryl methyl sites for hydroxylation is 1. The predicted octanol–water partition coefficient (Wildman–Crippen LogP) is 4.11. The average Bonchev–Trinajstić information content (AvgIpc) is 3.53. The summed E-state index contributed by atoms with van der Waals surface area (Å²) in [5.74, 6) is -0.175. The standard InChI is InChI=1S/C21H21N5O3S3/c1-2-26-19(16-8-5-9-30-16)24-25-21(26)31-12-18(28)29-11-17(27)23-20-14(10-22)13-6-3-4-7-15(13)32-20/h5,8-9H,2-4,6-7,11-12H2,1H3,(H,23,27). The van der Waals surface area contributed by atoms with Crippen molar-refractivity contribution in [2.24, 2.45) is 0 Å². The molecular formula is C21H21N5O3S3. The smallest absolute Gasteiger partial charge is 0.316 e. The number of fused-ring (bicyclic) bond motifs is 1. The highest BCUT2D eigenvalue weighted by atomic mass is 32.2. The zero-order chi connectivity index (χ0) is 22.5. The Hall–Kier alpha value is -2.68. The van der Waals surface area contributed by atoms with E-state index in [0.717, 1.165) is 41.9 Å². The first-order chi connectivity index (χ1) is 15.6. The molecule has 11 heteroatoms. The van der Waals surface area contributed by atoms with Gasteiger partial charge in [0, 0.05) is 11.4 Å². The number of rotatable bonds is 8. The first kappa shape index (κ1) is 22.5. The second kappa shape index (κ2) is 10.3. The monoisotopic (exact) mass is 487 g/mol. The predicted molar refractivity (Wildman–Crippen MR) is 125 cm³/mol. The number of hydrogen-bond donors (Lipinski definition) is 1. The summed E-state index contributed by atoms with van der Waals surface area (Å²) in [4.78, 5) is 26.6. The number of thioether (sulfide) groups is 1. The lowest BCUT2D eigenvalue weighted by Crippen LogP contribution is -2.21. The van der Waals surface area contributed by atoms with Crippen LogP contribution in [-0.4, -0.2) is 39.0 Å². The topological polar surface area (TPSA) is 110 Å². The molecular weight excluding hydrogens is 466 g/mol. The van der Waals surface area contributed by atoms with Crippen LogP contribution in [0.5, 0.6) is 0 Å². The average molecular weight is 488 g/mol. The molecule has 0 spiro atoms. The minimum absolute atomic E-state index is 0.0204. The van der Waals surface area contributed by atoms with Crippen LogP contribution in [-0.2, 0) is 33.7 Å². The zero-order valence-electron chi connectivity index (χ0n) is 17.4. The van der Waals surface area contributed by atoms with Gasteiger partial charge in [0.05, 0.1) is 16.2 Å². The molecule has 8 nitrogen and oxygen atoms in total. The van der Waals surface area contributed by atoms with E-state index in [1.807, 2.05) is 29.0 Å². The van der Waals surface area contributed by atoms with Crippen LogP contribution in [0.1, 0.15) is 35.8 Å². The van der Waals surface area contributed by atoms with E-state index in [0.29, 0.717) is 22.3 Å². The third-order valence-corrected chi connectivity index (χ3v) is 8.01. The number of nitriles is 1. The SMILES string of the molecule is CCn1c(SCC(=O)OCC(=O)Nc2sc3c(c2C#N)CCCC3)nnc1-c1cccs1. The van der Waals surface area contributed by atoms with E-state index < -0.39 is 18.5 Å². The maximum absolute atomic E-state index is 12.3. The summed E-state index contributed by atoms with van der Waals surface area (Å²) in [5, 5.41) is 23.8. The highest BCUT2D eigenvalue weighted by Gasteiger charge is 2.22. The van der Waals surface area contributed by atoms with E-state index in [9.17, 15) is 14.9 Å². The minimum Gasteiger partial charge on any atom is -0.455 e. The summed E-state index contributed by atoms with van der Waals surface area (Å²) < 4.78 is 7.06. The van der Waals surface area contributed by atoms with Crippen LogP contribution in [0.15, 0.2) is 22.7 Å². The highest BCUT2D eigenvalue weighted by molar-refractivity contribution is 7.99. The number of hydrogen-bond acceptors (Lipinski definition) is 9. The number of ether oxygens (including phenoxy) is 1. The minimum atomic E-state index is -0.514. The molecule has 1 amide bonds. The molecule has 32 heavy (non-hydrogen) atoms. The zero-order valence-corrected chi connectivity index (χ0v) is 19.9. The quantitative estimate of drug-likeness (QED) is 0.376. The largest absolute Gasteiger partial charge is 0.455 e. The van der Waals surface area contributed by atoms with Crippen LogP contribution in [0.4, 0.5) is 5.00 Å². The summed E-state index contributed by atoms with van der Waals surface area (Å²) in [6.45, 7) is 2.27. The maximum Gasteiger partial charge on any atom is 0.316 e. The summed E-state index contributed by atoms with van der Waals surface area (Å²) in [6, 6.07) is 6.13. The van der Waals surface area contributed by atoms with Crippen LogP contribution >= 0.6 is 34.4 Å². The van der Waals surface area contributed by atoms with Crippen molar-refractivity contribution in [1.29, 1.82) is 5.26 Å². The molecule has 1 aliphatic carbocycles. The Morgan fingerprint density at radius 1 is 1.34 bits per heavy atom. The van der Waals surface area contributed by atoms with E-state index in [4.69, 9.17) is 4.74 Å². The van der Waals surface area contributed by atoms with E-state index in [1.54, 1.807) is 11.3 Å². The second-order valence-electron chi connectivity index (χ2n) is 7.05. The van der Waals surface area contributed by atoms with E-state index in [2.05, 4.69) is 21.6 Å². The Bertz CT molecular complexity index is 1160. The number of esters is 1. The molecule has 1 aliphatic rings. The third-order valence-electron chi connectivity index (χ3n) is 4.99. The Labute approximate surface area is 197 Å². The van der Waals surface area contributed by atoms with Crippen LogP contribution < -0.4 is 5.32 Å². The summed E-state index contributed by atoms with van der Waals surface area (Å²) in [5.41, 5.74) is 1.59. The highest BCUT2D eigenvalue weighted by Crippen LogP contribution is 2.37. The number of anilines is 1. The Balaban J connectivity index is 1.29. The van der Waals surface area contributed by atoms with Crippen molar-refractivity contribution in [1.82, 2.24) is 14.8 Å². The van der Waals surface area contributed by atoms with Crippen LogP contribution in [0.2, 0.25) is 0 Å². The number of nitrogens with one attached hydrogen (secondary N) is 1. The molecule has 166 valence electrons. The molecule has 0 unspecified atom stereocenters. The molecule has 0 saturated carbocycles. The van der Waals surface area contributed by atoms with Gasteiger partial charge in [0.25, 0.3) is 5.91 Å². The molecule has 3 aromatic rings. The lowest BCUT2D eigenvalue weighted by Gasteiger charge is -2.09. The van der Waals surface area contributed by atoms with Crippen molar-refractivity contribution in [3.63, 3.8) is 0 Å². The molecule has 0 radical (unpaired) electrons. The third kappa shape index (κ3) is 4.87. The summed E-state index contributed by atoms with van der Waals surface area (Å²) in [7, 11) is 0. The van der Waals surface area contributed by atoms with Gasteiger partial charge in [-0.3, -0.25) is 9.59 Å². The van der Waals surface area contributed by atoms with Crippen molar-refractivity contribution in [2.45, 2.75) is 44.3 Å². The maximum atomic E-state index is 12.3. The number of aromatic nitrogens is 3. The molecule has 3 heterocycles. The van der Waals surface area contributed by atoms with Gasteiger partial charge in [0.2, 0.25) is 0 Å². The summed E-state index contributed by atoms with van der Waals surface area (Å²) in [6.07, 6.45) is 3.96. The van der Waals surface area contributed by atoms with Gasteiger partial charge in [-0.1, -0.05) is 17.8 Å². The first-order valence-corrected chi connectivity index (χ1v) is 12.9. The molecule has 0 saturated heterocycles. The van der Waals surface area contributed by atoms with Crippen LogP contribution in [0, 0.1) is 11.3 Å². The van der Waals surface area contributed by atoms with Gasteiger partial charge in [0.1, 0.15) is 11.1 Å². The van der Waals surface area contributed by atoms with Gasteiger partial charge >= 0.3 is 5.97 Å². The Morgan fingerprint density at radius 2 is 2.19 bits per heavy atom. The van der Waals surface area contributed by atoms with Gasteiger partial charge in [-0.25, -0.2) is 0 Å². The molecule has 3 aromatic heterocycles. The molecule has 0 aromatic carbocycles. The first-order valence-electron chi connectivity index (χ1n) is 10.2. The molecule has 0 atom stereocenters. The van der Waals surface area contributed by atoms with Crippen molar-refractivity contribution in [3.8, 4) is 16.8 Å². The fourth-order valence-electron chi connectivity index (χ4n) is 3.51. The van der Waals surface area contributed by atoms with Crippen molar-refractivity contribution in [2.75, 3.05) is 17.7 Å². The molecule has 1 N–H and O–H groups in total. The number of amides is 1. The molecule has 0 fully saturated rings. The second-order valence-corrected chi connectivity index (χ2v) is 10.0. The van der Waals surface area contributed by atoms with Crippen molar-refractivity contribution in [3.05, 3.63) is 33.5 Å². The lowest BCUT2D eigenvalue weighted by atomic mass is 9.96. The molecule has 0 bridgehead atoms. The van der Waals surface area contributed by atoms with Gasteiger partial charge in [0.15, 0.2) is 17.6 Å². The normalized spacial score (nSPS) is 12.8. The fraction of sp³-hybridized carbons (Fsp3) is 0.381. The van der Waals surface area contributed by atoms with Crippen LogP contribution in [0.25, 0.3) is 10.7 Å². The Morgan fingerprint density at radius 3 is 2.94 bits per heavy atom. The fourth-order valence-corrected chi connectivity index (χ4v) is 6.29. The molecule has 0 aliphatic heterocycles. The van der Waals surface area contributed by atoms with Gasteiger partial charge in [-0.05, 0) is 49.6 Å². The summed E-state index contributed by atoms with van der Waals surface area (Å²) >= 11 is 4.25. The van der Waals surface area contributed by atoms with Gasteiger partial charge in [-0.2, -0.15) is 5.26 Å². The van der Waals surface area contributed by atoms with Crippen LogP contribution in [0.3, 0.4) is 0 Å². The van der Waals surface area contributed by atoms with Gasteiger partial charge < -0.3 is 14.6 Å². The number of nitrogens with zero attached hydrogens (tertiary/aromatic N) is 4. The van der Waals surface area contributed by atoms with E-state index in [-0.39, 0.29) is 5.75 Å². The number of thiophene rings is 2. The van der Waals surface area contributed by atoms with Crippen molar-refractivity contribution >= 4 is 51.3 Å². The Kier molecular flexibility index (Phi) is 7.24. The lowest BCUT2D eigenvalue weighted by molar-refractivity contribution is -0.144.